The molecular formula is C10H12O4S. The first-order valence-corrected chi connectivity index (χ1v) is 5.72. The quantitative estimate of drug-likeness (QED) is 0.630. The van der Waals surface area contributed by atoms with Crippen molar-refractivity contribution < 1.29 is 17.7 Å². The molecule has 15 heavy (non-hydrogen) atoms. The van der Waals surface area contributed by atoms with Gasteiger partial charge in [-0.2, -0.15) is 8.42 Å². The fourth-order valence-corrected chi connectivity index (χ4v) is 1.97. The van der Waals surface area contributed by atoms with E-state index in [1.54, 1.807) is 24.3 Å². The third-order valence-corrected chi connectivity index (χ3v) is 3.09. The third kappa shape index (κ3) is 2.81. The second kappa shape index (κ2) is 4.46. The molecule has 0 heterocycles. The van der Waals surface area contributed by atoms with Crippen molar-refractivity contribution in [2.75, 3.05) is 7.11 Å². The maximum atomic E-state index is 11.0. The van der Waals surface area contributed by atoms with Crippen molar-refractivity contribution in [3.8, 4) is 5.75 Å². The van der Waals surface area contributed by atoms with Gasteiger partial charge < -0.3 is 4.74 Å². The van der Waals surface area contributed by atoms with Crippen molar-refractivity contribution in [1.82, 2.24) is 0 Å². The molecule has 0 fully saturated rings. The van der Waals surface area contributed by atoms with Crippen molar-refractivity contribution in [1.29, 1.82) is 0 Å². The van der Waals surface area contributed by atoms with E-state index in [1.165, 1.54) is 13.2 Å². The van der Waals surface area contributed by atoms with Crippen LogP contribution in [0.3, 0.4) is 0 Å². The van der Waals surface area contributed by atoms with Crippen molar-refractivity contribution in [3.05, 3.63) is 42.5 Å². The van der Waals surface area contributed by atoms with E-state index in [1.807, 2.05) is 0 Å². The second-order valence-electron chi connectivity index (χ2n) is 2.94. The lowest BCUT2D eigenvalue weighted by atomic mass is 10.1. The summed E-state index contributed by atoms with van der Waals surface area (Å²) in [6.07, 6.45) is 1.18. The monoisotopic (exact) mass is 228 g/mol. The number of hydrogen-bond acceptors (Lipinski definition) is 3. The summed E-state index contributed by atoms with van der Waals surface area (Å²) in [5.74, 6) is 0.622. The Morgan fingerprint density at radius 1 is 1.40 bits per heavy atom. The molecule has 0 radical (unpaired) electrons. The van der Waals surface area contributed by atoms with Crippen molar-refractivity contribution >= 4 is 10.1 Å². The summed E-state index contributed by atoms with van der Waals surface area (Å²) < 4.78 is 35.8. The predicted molar refractivity (Wildman–Crippen MR) is 57.5 cm³/mol. The first-order valence-electron chi connectivity index (χ1n) is 4.22. The standard InChI is InChI=1S/C10H12O4S/c1-3-10(15(11,12)13)8-4-6-9(14-2)7-5-8/h3-7,10H,1H2,2H3,(H,11,12,13)/t10-/m0/s1. The molecule has 1 aromatic rings. The molecule has 0 saturated carbocycles. The summed E-state index contributed by atoms with van der Waals surface area (Å²) in [6.45, 7) is 3.38. The molecule has 0 aliphatic rings. The summed E-state index contributed by atoms with van der Waals surface area (Å²) in [6, 6.07) is 6.38. The summed E-state index contributed by atoms with van der Waals surface area (Å²) in [5.41, 5.74) is 0.452. The maximum absolute atomic E-state index is 11.0. The van der Waals surface area contributed by atoms with E-state index < -0.39 is 15.4 Å². The lowest BCUT2D eigenvalue weighted by molar-refractivity contribution is 0.414. The van der Waals surface area contributed by atoms with Gasteiger partial charge in [-0.1, -0.05) is 18.2 Å². The van der Waals surface area contributed by atoms with Gasteiger partial charge in [0.2, 0.25) is 0 Å². The molecule has 1 N–H and O–H groups in total. The third-order valence-electron chi connectivity index (χ3n) is 1.98. The normalized spacial score (nSPS) is 13.2. The molecule has 0 aliphatic heterocycles. The highest BCUT2D eigenvalue weighted by atomic mass is 32.2. The molecular weight excluding hydrogens is 216 g/mol. The fourth-order valence-electron chi connectivity index (χ4n) is 1.22. The van der Waals surface area contributed by atoms with Gasteiger partial charge in [-0.25, -0.2) is 0 Å². The van der Waals surface area contributed by atoms with Crippen LogP contribution in [0.2, 0.25) is 0 Å². The zero-order valence-electron chi connectivity index (χ0n) is 8.25. The van der Waals surface area contributed by atoms with Crippen molar-refractivity contribution in [2.24, 2.45) is 0 Å². The van der Waals surface area contributed by atoms with Gasteiger partial charge in [-0.15, -0.1) is 6.58 Å². The second-order valence-corrected chi connectivity index (χ2v) is 4.48. The van der Waals surface area contributed by atoms with Gasteiger partial charge in [0, 0.05) is 0 Å². The van der Waals surface area contributed by atoms with Gasteiger partial charge >= 0.3 is 0 Å². The average molecular weight is 228 g/mol. The number of benzene rings is 1. The van der Waals surface area contributed by atoms with E-state index in [0.29, 0.717) is 11.3 Å². The Bertz CT molecular complexity index is 433. The zero-order valence-corrected chi connectivity index (χ0v) is 9.07. The van der Waals surface area contributed by atoms with Crippen LogP contribution in [0.4, 0.5) is 0 Å². The average Bonchev–Trinajstić information content (AvgIpc) is 2.18. The molecule has 0 saturated heterocycles. The van der Waals surface area contributed by atoms with Gasteiger partial charge in [0.05, 0.1) is 7.11 Å². The van der Waals surface area contributed by atoms with Crippen LogP contribution in [-0.2, 0) is 10.1 Å². The van der Waals surface area contributed by atoms with E-state index in [9.17, 15) is 8.42 Å². The lowest BCUT2D eigenvalue weighted by Gasteiger charge is -2.09. The molecule has 1 atom stereocenters. The Morgan fingerprint density at radius 2 is 1.93 bits per heavy atom. The van der Waals surface area contributed by atoms with E-state index in [2.05, 4.69) is 6.58 Å². The number of hydrogen-bond donors (Lipinski definition) is 1. The molecule has 5 heteroatoms. The van der Waals surface area contributed by atoms with Gasteiger partial charge in [-0.05, 0) is 17.7 Å². The van der Waals surface area contributed by atoms with Crippen LogP contribution in [0.1, 0.15) is 10.8 Å². The van der Waals surface area contributed by atoms with Crippen LogP contribution < -0.4 is 4.74 Å². The van der Waals surface area contributed by atoms with Gasteiger partial charge in [0.25, 0.3) is 10.1 Å². The Balaban J connectivity index is 3.09. The van der Waals surface area contributed by atoms with Crippen molar-refractivity contribution in [2.45, 2.75) is 5.25 Å². The molecule has 0 bridgehead atoms. The van der Waals surface area contributed by atoms with Crippen LogP contribution in [0.5, 0.6) is 5.75 Å². The topological polar surface area (TPSA) is 63.6 Å². The minimum absolute atomic E-state index is 0.452. The SMILES string of the molecule is C=C[C@@H](c1ccc(OC)cc1)S(=O)(=O)O. The Labute approximate surface area is 88.9 Å². The summed E-state index contributed by atoms with van der Waals surface area (Å²) >= 11 is 0. The van der Waals surface area contributed by atoms with Crippen LogP contribution in [0.25, 0.3) is 0 Å². The van der Waals surface area contributed by atoms with Gasteiger partial charge in [0.15, 0.2) is 0 Å². The van der Waals surface area contributed by atoms with Crippen LogP contribution in [0, 0.1) is 0 Å². The highest BCUT2D eigenvalue weighted by Crippen LogP contribution is 2.24. The first kappa shape index (κ1) is 11.7. The number of ether oxygens (including phenoxy) is 1. The number of methoxy groups -OCH3 is 1. The highest BCUT2D eigenvalue weighted by molar-refractivity contribution is 7.86. The molecule has 4 nitrogen and oxygen atoms in total. The Kier molecular flexibility index (Phi) is 3.49. The smallest absolute Gasteiger partial charge is 0.275 e. The zero-order chi connectivity index (χ0) is 11.5. The maximum Gasteiger partial charge on any atom is 0.275 e. The molecule has 0 aliphatic carbocycles. The van der Waals surface area contributed by atoms with Crippen molar-refractivity contribution in [3.63, 3.8) is 0 Å². The lowest BCUT2D eigenvalue weighted by Crippen LogP contribution is -2.09. The fraction of sp³-hybridized carbons (Fsp3) is 0.200. The molecule has 0 spiro atoms. The van der Waals surface area contributed by atoms with E-state index in [4.69, 9.17) is 9.29 Å². The molecule has 0 amide bonds. The van der Waals surface area contributed by atoms with Gasteiger partial charge in [-0.3, -0.25) is 4.55 Å². The van der Waals surface area contributed by atoms with Crippen LogP contribution in [0.15, 0.2) is 36.9 Å². The van der Waals surface area contributed by atoms with E-state index >= 15 is 0 Å². The summed E-state index contributed by atoms with van der Waals surface area (Å²) in [7, 11) is -2.63. The molecule has 82 valence electrons. The summed E-state index contributed by atoms with van der Waals surface area (Å²) in [4.78, 5) is 0. The van der Waals surface area contributed by atoms with Crippen LogP contribution in [-0.4, -0.2) is 20.1 Å². The van der Waals surface area contributed by atoms with E-state index in [0.717, 1.165) is 0 Å². The Hall–Kier alpha value is -1.33. The minimum Gasteiger partial charge on any atom is -0.497 e. The molecule has 0 unspecified atom stereocenters. The Morgan fingerprint density at radius 3 is 2.27 bits per heavy atom. The summed E-state index contributed by atoms with van der Waals surface area (Å²) in [5, 5.41) is -1.09. The highest BCUT2D eigenvalue weighted by Gasteiger charge is 2.21. The first-order chi connectivity index (χ1) is 6.99. The molecule has 1 rings (SSSR count). The molecule has 0 aromatic heterocycles. The van der Waals surface area contributed by atoms with Crippen LogP contribution >= 0.6 is 0 Å². The number of rotatable bonds is 4. The minimum atomic E-state index is -4.15. The molecule has 1 aromatic carbocycles. The van der Waals surface area contributed by atoms with E-state index in [-0.39, 0.29) is 0 Å². The predicted octanol–water partition coefficient (Wildman–Crippen LogP) is 1.81. The largest absolute Gasteiger partial charge is 0.497 e. The van der Waals surface area contributed by atoms with Gasteiger partial charge in [0.1, 0.15) is 11.0 Å².